The van der Waals surface area contributed by atoms with Crippen LogP contribution in [0.25, 0.3) is 0 Å². The highest BCUT2D eigenvalue weighted by molar-refractivity contribution is 5.83. The van der Waals surface area contributed by atoms with Gasteiger partial charge in [-0.15, -0.1) is 0 Å². The monoisotopic (exact) mass is 282 g/mol. The number of aliphatic hydroxyl groups excluding tert-OH is 1. The van der Waals surface area contributed by atoms with E-state index in [1.807, 2.05) is 49.4 Å². The third-order valence-electron chi connectivity index (χ3n) is 3.40. The first-order valence-electron chi connectivity index (χ1n) is 6.79. The molecule has 0 aromatic heterocycles. The molecular weight excluding hydrogens is 264 g/mol. The molecule has 0 heterocycles. The molecule has 0 bridgehead atoms. The minimum absolute atomic E-state index is 0.207. The second kappa shape index (κ2) is 6.86. The molecule has 0 radical (unpaired) electrons. The van der Waals surface area contributed by atoms with Gasteiger partial charge in [0.15, 0.2) is 0 Å². The highest BCUT2D eigenvalue weighted by Gasteiger charge is 2.21. The molecule has 3 nitrogen and oxygen atoms in total. The zero-order valence-corrected chi connectivity index (χ0v) is 11.9. The fourth-order valence-corrected chi connectivity index (χ4v) is 2.21. The van der Waals surface area contributed by atoms with Crippen LogP contribution in [-0.4, -0.2) is 11.1 Å². The highest BCUT2D eigenvalue weighted by atomic mass is 16.5. The zero-order chi connectivity index (χ0) is 15.2. The van der Waals surface area contributed by atoms with Crippen molar-refractivity contribution in [3.05, 3.63) is 78.4 Å². The number of aliphatic hydroxyl groups is 1. The van der Waals surface area contributed by atoms with Gasteiger partial charge in [0.05, 0.1) is 6.10 Å². The van der Waals surface area contributed by atoms with E-state index in [0.29, 0.717) is 5.75 Å². The van der Waals surface area contributed by atoms with Crippen LogP contribution in [-0.2, 0) is 4.79 Å². The van der Waals surface area contributed by atoms with Gasteiger partial charge in [-0.3, -0.25) is 0 Å². The number of ether oxygens (including phenoxy) is 1. The Bertz CT molecular complexity index is 619. The molecule has 0 aliphatic rings. The Morgan fingerprint density at radius 2 is 1.76 bits per heavy atom. The highest BCUT2D eigenvalue weighted by Crippen LogP contribution is 2.35. The van der Waals surface area contributed by atoms with Crippen LogP contribution in [0.1, 0.15) is 30.1 Å². The molecule has 0 amide bonds. The summed E-state index contributed by atoms with van der Waals surface area (Å²) in [6.45, 7) is 5.29. The summed E-state index contributed by atoms with van der Waals surface area (Å²) in [5.74, 6) is -0.269. The van der Waals surface area contributed by atoms with E-state index in [2.05, 4.69) is 6.58 Å². The molecule has 2 rings (SSSR count). The lowest BCUT2D eigenvalue weighted by Gasteiger charge is -2.21. The number of benzene rings is 2. The Kier molecular flexibility index (Phi) is 4.90. The van der Waals surface area contributed by atoms with Gasteiger partial charge >= 0.3 is 5.97 Å². The van der Waals surface area contributed by atoms with E-state index in [0.717, 1.165) is 17.2 Å². The lowest BCUT2D eigenvalue weighted by atomic mass is 9.90. The third-order valence-corrected chi connectivity index (χ3v) is 3.40. The minimum atomic E-state index is -0.671. The molecule has 0 spiro atoms. The summed E-state index contributed by atoms with van der Waals surface area (Å²) in [4.78, 5) is 11.4. The van der Waals surface area contributed by atoms with Crippen LogP contribution in [0.4, 0.5) is 0 Å². The van der Waals surface area contributed by atoms with Crippen LogP contribution in [0, 0.1) is 0 Å². The Balaban J connectivity index is 2.28. The molecule has 0 aliphatic carbocycles. The van der Waals surface area contributed by atoms with Crippen molar-refractivity contribution < 1.29 is 14.6 Å². The van der Waals surface area contributed by atoms with Gasteiger partial charge in [0.1, 0.15) is 5.75 Å². The maximum atomic E-state index is 11.4. The standard InChI is InChI=1S/C18H18O3/c1-3-17(19)21-16-12-8-7-11-15(16)13(2)18(20)14-9-5-4-6-10-14/h3-13,18,20H,1H2,2H3. The summed E-state index contributed by atoms with van der Waals surface area (Å²) < 4.78 is 5.23. The predicted octanol–water partition coefficient (Wildman–Crippen LogP) is 3.62. The summed E-state index contributed by atoms with van der Waals surface area (Å²) in [5.41, 5.74) is 1.61. The molecule has 1 N–H and O–H groups in total. The molecule has 108 valence electrons. The molecule has 2 unspecified atom stereocenters. The van der Waals surface area contributed by atoms with E-state index in [4.69, 9.17) is 4.74 Å². The van der Waals surface area contributed by atoms with Gasteiger partial charge in [0.2, 0.25) is 0 Å². The number of carbonyl (C=O) groups is 1. The molecule has 2 aromatic carbocycles. The maximum Gasteiger partial charge on any atom is 0.335 e. The average molecular weight is 282 g/mol. The summed E-state index contributed by atoms with van der Waals surface area (Å²) >= 11 is 0. The quantitative estimate of drug-likeness (QED) is 0.517. The predicted molar refractivity (Wildman–Crippen MR) is 82.1 cm³/mol. The summed E-state index contributed by atoms with van der Waals surface area (Å²) in [5, 5.41) is 10.5. The van der Waals surface area contributed by atoms with Gasteiger partial charge in [-0.2, -0.15) is 0 Å². The van der Waals surface area contributed by atoms with Crippen molar-refractivity contribution in [2.45, 2.75) is 18.9 Å². The molecule has 3 heteroatoms. The summed E-state index contributed by atoms with van der Waals surface area (Å²) in [6.07, 6.45) is 0.449. The molecule has 2 aromatic rings. The lowest BCUT2D eigenvalue weighted by Crippen LogP contribution is -2.11. The Morgan fingerprint density at radius 3 is 2.43 bits per heavy atom. The molecule has 21 heavy (non-hydrogen) atoms. The van der Waals surface area contributed by atoms with Gasteiger partial charge in [-0.05, 0) is 11.6 Å². The van der Waals surface area contributed by atoms with E-state index < -0.39 is 12.1 Å². The molecule has 0 aliphatic heterocycles. The van der Waals surface area contributed by atoms with Crippen molar-refractivity contribution >= 4 is 5.97 Å². The number of hydrogen-bond donors (Lipinski definition) is 1. The van der Waals surface area contributed by atoms with Crippen molar-refractivity contribution in [2.24, 2.45) is 0 Å². The van der Waals surface area contributed by atoms with Crippen LogP contribution >= 0.6 is 0 Å². The van der Waals surface area contributed by atoms with Crippen molar-refractivity contribution in [3.63, 3.8) is 0 Å². The first-order valence-corrected chi connectivity index (χ1v) is 6.79. The van der Waals surface area contributed by atoms with Crippen LogP contribution in [0.2, 0.25) is 0 Å². The fraction of sp³-hybridized carbons (Fsp3) is 0.167. The van der Waals surface area contributed by atoms with Crippen LogP contribution in [0.15, 0.2) is 67.3 Å². The van der Waals surface area contributed by atoms with Crippen LogP contribution in [0.5, 0.6) is 5.75 Å². The number of rotatable bonds is 5. The molecule has 0 saturated carbocycles. The van der Waals surface area contributed by atoms with E-state index in [1.165, 1.54) is 0 Å². The molecule has 0 saturated heterocycles. The second-order valence-corrected chi connectivity index (χ2v) is 4.81. The third kappa shape index (κ3) is 3.58. The second-order valence-electron chi connectivity index (χ2n) is 4.81. The maximum absolute atomic E-state index is 11.4. The molecule has 2 atom stereocenters. The molecular formula is C18H18O3. The van der Waals surface area contributed by atoms with E-state index in [1.54, 1.807) is 12.1 Å². The van der Waals surface area contributed by atoms with Crippen LogP contribution in [0.3, 0.4) is 0 Å². The van der Waals surface area contributed by atoms with Crippen molar-refractivity contribution in [1.29, 1.82) is 0 Å². The first kappa shape index (κ1) is 15.0. The van der Waals surface area contributed by atoms with Crippen LogP contribution < -0.4 is 4.74 Å². The zero-order valence-electron chi connectivity index (χ0n) is 11.9. The number of carbonyl (C=O) groups excluding carboxylic acids is 1. The Labute approximate surface area is 124 Å². The minimum Gasteiger partial charge on any atom is -0.423 e. The van der Waals surface area contributed by atoms with E-state index >= 15 is 0 Å². The fourth-order valence-electron chi connectivity index (χ4n) is 2.21. The molecule has 0 fully saturated rings. The number of esters is 1. The number of para-hydroxylation sites is 1. The lowest BCUT2D eigenvalue weighted by molar-refractivity contribution is -0.129. The van der Waals surface area contributed by atoms with Crippen molar-refractivity contribution in [2.75, 3.05) is 0 Å². The average Bonchev–Trinajstić information content (AvgIpc) is 2.54. The normalized spacial score (nSPS) is 13.2. The van der Waals surface area contributed by atoms with Crippen molar-refractivity contribution in [3.8, 4) is 5.75 Å². The van der Waals surface area contributed by atoms with Gasteiger partial charge in [-0.1, -0.05) is 62.0 Å². The first-order chi connectivity index (χ1) is 10.1. The van der Waals surface area contributed by atoms with Crippen molar-refractivity contribution in [1.82, 2.24) is 0 Å². The number of hydrogen-bond acceptors (Lipinski definition) is 3. The van der Waals surface area contributed by atoms with Gasteiger partial charge in [0, 0.05) is 17.6 Å². The SMILES string of the molecule is C=CC(=O)Oc1ccccc1C(C)C(O)c1ccccc1. The largest absolute Gasteiger partial charge is 0.423 e. The van der Waals surface area contributed by atoms with E-state index in [-0.39, 0.29) is 5.92 Å². The van der Waals surface area contributed by atoms with Gasteiger partial charge < -0.3 is 9.84 Å². The smallest absolute Gasteiger partial charge is 0.335 e. The Morgan fingerprint density at radius 1 is 1.14 bits per heavy atom. The Hall–Kier alpha value is -2.39. The van der Waals surface area contributed by atoms with E-state index in [9.17, 15) is 9.90 Å². The van der Waals surface area contributed by atoms with Gasteiger partial charge in [0.25, 0.3) is 0 Å². The summed E-state index contributed by atoms with van der Waals surface area (Å²) in [6, 6.07) is 16.6. The topological polar surface area (TPSA) is 46.5 Å². The summed E-state index contributed by atoms with van der Waals surface area (Å²) in [7, 11) is 0. The van der Waals surface area contributed by atoms with Gasteiger partial charge in [-0.25, -0.2) is 4.79 Å².